The average Bonchev–Trinajstić information content (AvgIpc) is 3.22. The van der Waals surface area contributed by atoms with Gasteiger partial charge in [-0.1, -0.05) is 49.6 Å². The van der Waals surface area contributed by atoms with E-state index in [1.807, 2.05) is 30.3 Å². The van der Waals surface area contributed by atoms with Crippen molar-refractivity contribution in [3.05, 3.63) is 35.9 Å². The normalized spacial score (nSPS) is 21.5. The molecule has 2 amide bonds. The molecule has 2 fully saturated rings. The minimum Gasteiger partial charge on any atom is -0.445 e. The van der Waals surface area contributed by atoms with E-state index in [0.29, 0.717) is 13.0 Å². The van der Waals surface area contributed by atoms with E-state index in [-0.39, 0.29) is 18.4 Å². The molecule has 0 bridgehead atoms. The Labute approximate surface area is 165 Å². The van der Waals surface area contributed by atoms with E-state index in [1.165, 1.54) is 4.90 Å². The van der Waals surface area contributed by atoms with Crippen molar-refractivity contribution in [3.63, 3.8) is 0 Å². The van der Waals surface area contributed by atoms with Crippen molar-refractivity contribution >= 4 is 12.0 Å². The molecule has 0 spiro atoms. The third kappa shape index (κ3) is 5.23. The molecule has 1 heterocycles. The molecule has 3 N–H and O–H groups in total. The minimum atomic E-state index is -1.57. The summed E-state index contributed by atoms with van der Waals surface area (Å²) in [6, 6.07) is 8.08. The first-order chi connectivity index (χ1) is 13.6. The van der Waals surface area contributed by atoms with Crippen molar-refractivity contribution in [2.24, 2.45) is 5.92 Å². The molecular weight excluding hydrogens is 360 g/mol. The second-order valence-electron chi connectivity index (χ2n) is 7.74. The molecule has 1 aromatic rings. The zero-order valence-electron chi connectivity index (χ0n) is 16.1. The maximum absolute atomic E-state index is 13.2. The smallest absolute Gasteiger partial charge is 0.408 e. The summed E-state index contributed by atoms with van der Waals surface area (Å²) in [5.41, 5.74) is 0.876. The summed E-state index contributed by atoms with van der Waals surface area (Å²) >= 11 is 0. The number of nitrogens with one attached hydrogen (secondary N) is 1. The number of alkyl carbamates (subject to hydrolysis) is 1. The largest absolute Gasteiger partial charge is 0.445 e. The molecule has 1 aliphatic carbocycles. The van der Waals surface area contributed by atoms with Crippen LogP contribution in [0.4, 0.5) is 4.79 Å². The van der Waals surface area contributed by atoms with Gasteiger partial charge >= 0.3 is 6.09 Å². The summed E-state index contributed by atoms with van der Waals surface area (Å²) < 4.78 is 5.32. The van der Waals surface area contributed by atoms with Gasteiger partial charge in [-0.15, -0.1) is 0 Å². The van der Waals surface area contributed by atoms with Crippen LogP contribution in [0.1, 0.15) is 50.5 Å². The van der Waals surface area contributed by atoms with Crippen molar-refractivity contribution in [1.82, 2.24) is 10.2 Å². The number of likely N-dealkylation sites (tertiary alicyclic amines) is 1. The van der Waals surface area contributed by atoms with Crippen LogP contribution >= 0.6 is 0 Å². The predicted molar refractivity (Wildman–Crippen MR) is 103 cm³/mol. The van der Waals surface area contributed by atoms with E-state index in [9.17, 15) is 19.8 Å². The van der Waals surface area contributed by atoms with Crippen LogP contribution in [0.5, 0.6) is 0 Å². The third-order valence-corrected chi connectivity index (χ3v) is 5.80. The fourth-order valence-corrected chi connectivity index (χ4v) is 4.30. The Bertz CT molecular complexity index is 645. The van der Waals surface area contributed by atoms with Gasteiger partial charge in [-0.05, 0) is 37.2 Å². The van der Waals surface area contributed by atoms with Gasteiger partial charge in [-0.25, -0.2) is 4.79 Å². The molecule has 2 aliphatic rings. The molecule has 1 aliphatic heterocycles. The fraction of sp³-hybridized carbons (Fsp3) is 0.619. The van der Waals surface area contributed by atoms with Crippen molar-refractivity contribution in [2.75, 3.05) is 6.54 Å². The number of benzene rings is 1. The van der Waals surface area contributed by atoms with Crippen LogP contribution in [0.2, 0.25) is 0 Å². The lowest BCUT2D eigenvalue weighted by atomic mass is 9.83. The van der Waals surface area contributed by atoms with E-state index < -0.39 is 24.5 Å². The summed E-state index contributed by atoms with van der Waals surface area (Å²) in [4.78, 5) is 27.1. The highest BCUT2D eigenvalue weighted by atomic mass is 16.5. The monoisotopic (exact) mass is 390 g/mol. The Hall–Kier alpha value is -2.12. The standard InChI is InChI=1S/C21H30N2O5/c24-19(23-13-7-12-17(23)20(25)26)18(16-10-5-2-6-11-16)22-21(27)28-14-15-8-3-1-4-9-15/h1,3-4,8-9,16-18,20,25-26H,2,5-7,10-14H2,(H,22,27)/t17-,18-/m0/s1. The summed E-state index contributed by atoms with van der Waals surface area (Å²) in [5, 5.41) is 22.0. The molecule has 1 saturated heterocycles. The zero-order valence-corrected chi connectivity index (χ0v) is 16.1. The van der Waals surface area contributed by atoms with Gasteiger partial charge in [0.05, 0.1) is 6.04 Å². The van der Waals surface area contributed by atoms with Crippen molar-refractivity contribution in [2.45, 2.75) is 69.9 Å². The SMILES string of the molecule is O=C(N[C@H](C(=O)N1CCC[C@H]1C(O)O)C1CCCCC1)OCc1ccccc1. The number of ether oxygens (including phenoxy) is 1. The van der Waals surface area contributed by atoms with E-state index in [4.69, 9.17) is 4.74 Å². The predicted octanol–water partition coefficient (Wildman–Crippen LogP) is 2.16. The fourth-order valence-electron chi connectivity index (χ4n) is 4.30. The van der Waals surface area contributed by atoms with Gasteiger partial charge in [-0.3, -0.25) is 4.79 Å². The number of hydrogen-bond donors (Lipinski definition) is 3. The number of rotatable bonds is 6. The van der Waals surface area contributed by atoms with Crippen LogP contribution < -0.4 is 5.32 Å². The molecule has 154 valence electrons. The first-order valence-corrected chi connectivity index (χ1v) is 10.2. The second-order valence-corrected chi connectivity index (χ2v) is 7.74. The molecular formula is C21H30N2O5. The molecule has 28 heavy (non-hydrogen) atoms. The molecule has 0 aromatic heterocycles. The number of nitrogens with zero attached hydrogens (tertiary/aromatic N) is 1. The Kier molecular flexibility index (Phi) is 7.28. The Balaban J connectivity index is 1.66. The molecule has 7 nitrogen and oxygen atoms in total. The van der Waals surface area contributed by atoms with Gasteiger partial charge in [-0.2, -0.15) is 0 Å². The molecule has 0 unspecified atom stereocenters. The summed E-state index contributed by atoms with van der Waals surface area (Å²) in [5.74, 6) is -0.193. The quantitative estimate of drug-likeness (QED) is 0.647. The molecule has 0 radical (unpaired) electrons. The molecule has 3 rings (SSSR count). The summed E-state index contributed by atoms with van der Waals surface area (Å²) in [7, 11) is 0. The van der Waals surface area contributed by atoms with E-state index in [1.54, 1.807) is 0 Å². The Morgan fingerprint density at radius 1 is 1.07 bits per heavy atom. The van der Waals surface area contributed by atoms with Gasteiger partial charge < -0.3 is 25.2 Å². The topological polar surface area (TPSA) is 99.1 Å². The van der Waals surface area contributed by atoms with E-state index in [0.717, 1.165) is 44.1 Å². The molecule has 2 atom stereocenters. The lowest BCUT2D eigenvalue weighted by molar-refractivity contribution is -0.146. The third-order valence-electron chi connectivity index (χ3n) is 5.80. The number of aliphatic hydroxyl groups is 2. The highest BCUT2D eigenvalue weighted by Gasteiger charge is 2.40. The van der Waals surface area contributed by atoms with Crippen LogP contribution in [0.3, 0.4) is 0 Å². The maximum atomic E-state index is 13.2. The first kappa shape index (κ1) is 20.6. The maximum Gasteiger partial charge on any atom is 0.408 e. The number of carbonyl (C=O) groups is 2. The van der Waals surface area contributed by atoms with E-state index in [2.05, 4.69) is 5.32 Å². The zero-order chi connectivity index (χ0) is 19.9. The molecule has 7 heteroatoms. The Morgan fingerprint density at radius 2 is 1.79 bits per heavy atom. The van der Waals surface area contributed by atoms with Crippen molar-refractivity contribution in [1.29, 1.82) is 0 Å². The van der Waals surface area contributed by atoms with Crippen LogP contribution in [0.15, 0.2) is 30.3 Å². The number of aliphatic hydroxyl groups excluding tert-OH is 1. The first-order valence-electron chi connectivity index (χ1n) is 10.2. The van der Waals surface area contributed by atoms with Gasteiger partial charge in [0.2, 0.25) is 5.91 Å². The van der Waals surface area contributed by atoms with Gasteiger partial charge in [0.1, 0.15) is 12.6 Å². The van der Waals surface area contributed by atoms with Crippen LogP contribution in [-0.4, -0.2) is 52.0 Å². The van der Waals surface area contributed by atoms with Crippen molar-refractivity contribution < 1.29 is 24.5 Å². The van der Waals surface area contributed by atoms with Crippen LogP contribution in [-0.2, 0) is 16.1 Å². The average molecular weight is 390 g/mol. The lowest BCUT2D eigenvalue weighted by Gasteiger charge is -2.35. The minimum absolute atomic E-state index is 0.0441. The van der Waals surface area contributed by atoms with Gasteiger partial charge in [0.15, 0.2) is 6.29 Å². The molecule has 1 saturated carbocycles. The van der Waals surface area contributed by atoms with Crippen LogP contribution in [0, 0.1) is 5.92 Å². The van der Waals surface area contributed by atoms with Gasteiger partial charge in [0.25, 0.3) is 0 Å². The number of amides is 2. The number of hydrogen-bond acceptors (Lipinski definition) is 5. The Morgan fingerprint density at radius 3 is 2.46 bits per heavy atom. The lowest BCUT2D eigenvalue weighted by Crippen LogP contribution is -2.55. The van der Waals surface area contributed by atoms with Crippen LogP contribution in [0.25, 0.3) is 0 Å². The summed E-state index contributed by atoms with van der Waals surface area (Å²) in [6.07, 6.45) is 4.03. The van der Waals surface area contributed by atoms with E-state index >= 15 is 0 Å². The van der Waals surface area contributed by atoms with Crippen molar-refractivity contribution in [3.8, 4) is 0 Å². The number of carbonyl (C=O) groups excluding carboxylic acids is 2. The highest BCUT2D eigenvalue weighted by molar-refractivity contribution is 5.86. The summed E-state index contributed by atoms with van der Waals surface area (Å²) in [6.45, 7) is 0.616. The van der Waals surface area contributed by atoms with Gasteiger partial charge in [0, 0.05) is 6.54 Å². The highest BCUT2D eigenvalue weighted by Crippen LogP contribution is 2.29. The molecule has 1 aromatic carbocycles. The second kappa shape index (κ2) is 9.89.